The molecule has 11 heavy (non-hydrogen) atoms. The van der Waals surface area contributed by atoms with Crippen molar-refractivity contribution in [3.63, 3.8) is 0 Å². The van der Waals surface area contributed by atoms with Crippen LogP contribution < -0.4 is 0 Å². The average molecular weight is 148 g/mol. The van der Waals surface area contributed by atoms with E-state index >= 15 is 0 Å². The van der Waals surface area contributed by atoms with E-state index in [9.17, 15) is 0 Å². The molecule has 58 valence electrons. The minimum atomic E-state index is 1.03. The second-order valence-corrected chi connectivity index (χ2v) is 2.45. The minimum absolute atomic E-state index is 1.03. The smallest absolute Gasteiger partial charge is 0.0991 e. The molecule has 0 aliphatic rings. The zero-order valence-corrected chi connectivity index (χ0v) is 6.91. The Bertz CT molecular complexity index is 282. The third-order valence-corrected chi connectivity index (χ3v) is 1.41. The second kappa shape index (κ2) is 3.19. The van der Waals surface area contributed by atoms with Crippen LogP contribution in [-0.4, -0.2) is 9.55 Å². The SMILES string of the molecule is C=C(C)c1cncn1/C=C\C. The van der Waals surface area contributed by atoms with E-state index < -0.39 is 0 Å². The lowest BCUT2D eigenvalue weighted by Gasteiger charge is -1.99. The van der Waals surface area contributed by atoms with Crippen LogP contribution in [0, 0.1) is 0 Å². The third kappa shape index (κ3) is 1.58. The van der Waals surface area contributed by atoms with Crippen molar-refractivity contribution >= 4 is 11.8 Å². The van der Waals surface area contributed by atoms with Gasteiger partial charge in [0.2, 0.25) is 0 Å². The quantitative estimate of drug-likeness (QED) is 0.629. The van der Waals surface area contributed by atoms with Crippen molar-refractivity contribution in [2.75, 3.05) is 0 Å². The van der Waals surface area contributed by atoms with Crippen LogP contribution in [0.1, 0.15) is 19.5 Å². The fourth-order valence-corrected chi connectivity index (χ4v) is 0.915. The molecule has 0 aliphatic heterocycles. The molecule has 0 unspecified atom stereocenters. The Morgan fingerprint density at radius 3 is 3.00 bits per heavy atom. The van der Waals surface area contributed by atoms with E-state index in [0.29, 0.717) is 0 Å². The Morgan fingerprint density at radius 1 is 1.73 bits per heavy atom. The molecule has 0 saturated carbocycles. The summed E-state index contributed by atoms with van der Waals surface area (Å²) in [6.45, 7) is 7.79. The summed E-state index contributed by atoms with van der Waals surface area (Å²) >= 11 is 0. The first-order valence-corrected chi connectivity index (χ1v) is 3.56. The van der Waals surface area contributed by atoms with Crippen LogP contribution in [0.15, 0.2) is 25.2 Å². The lowest BCUT2D eigenvalue weighted by atomic mass is 10.3. The van der Waals surface area contributed by atoms with Gasteiger partial charge in [-0.1, -0.05) is 12.7 Å². The highest BCUT2D eigenvalue weighted by molar-refractivity contribution is 5.59. The van der Waals surface area contributed by atoms with E-state index in [2.05, 4.69) is 11.6 Å². The summed E-state index contributed by atoms with van der Waals surface area (Å²) in [5, 5.41) is 0. The molecular weight excluding hydrogens is 136 g/mol. The molecule has 0 saturated heterocycles. The number of rotatable bonds is 2. The van der Waals surface area contributed by atoms with Gasteiger partial charge >= 0.3 is 0 Å². The van der Waals surface area contributed by atoms with E-state index in [-0.39, 0.29) is 0 Å². The molecule has 1 rings (SSSR count). The van der Waals surface area contributed by atoms with Crippen LogP contribution in [0.2, 0.25) is 0 Å². The lowest BCUT2D eigenvalue weighted by Crippen LogP contribution is -1.88. The monoisotopic (exact) mass is 148 g/mol. The highest BCUT2D eigenvalue weighted by Gasteiger charge is 1.97. The maximum atomic E-state index is 4.01. The molecule has 0 bridgehead atoms. The molecule has 2 nitrogen and oxygen atoms in total. The molecule has 2 heteroatoms. The number of aromatic nitrogens is 2. The molecule has 1 heterocycles. The van der Waals surface area contributed by atoms with E-state index in [0.717, 1.165) is 11.3 Å². The molecule has 0 spiro atoms. The molecule has 0 atom stereocenters. The van der Waals surface area contributed by atoms with Crippen LogP contribution >= 0.6 is 0 Å². The normalized spacial score (nSPS) is 10.7. The Labute approximate surface area is 66.9 Å². The van der Waals surface area contributed by atoms with Crippen LogP contribution in [0.25, 0.3) is 11.8 Å². The minimum Gasteiger partial charge on any atom is -0.306 e. The van der Waals surface area contributed by atoms with Gasteiger partial charge in [0.15, 0.2) is 0 Å². The number of allylic oxidation sites excluding steroid dienone is 2. The molecule has 0 radical (unpaired) electrons. The van der Waals surface area contributed by atoms with Crippen molar-refractivity contribution in [2.24, 2.45) is 0 Å². The van der Waals surface area contributed by atoms with Crippen molar-refractivity contribution < 1.29 is 0 Å². The second-order valence-electron chi connectivity index (χ2n) is 2.45. The maximum Gasteiger partial charge on any atom is 0.0991 e. The van der Waals surface area contributed by atoms with Gasteiger partial charge in [-0.15, -0.1) is 0 Å². The first kappa shape index (κ1) is 7.79. The molecule has 0 aliphatic carbocycles. The molecule has 0 amide bonds. The van der Waals surface area contributed by atoms with Crippen LogP contribution in [0.5, 0.6) is 0 Å². The largest absolute Gasteiger partial charge is 0.306 e. The fourth-order valence-electron chi connectivity index (χ4n) is 0.915. The zero-order chi connectivity index (χ0) is 8.27. The summed E-state index contributed by atoms with van der Waals surface area (Å²) < 4.78 is 1.95. The molecule has 0 fully saturated rings. The summed E-state index contributed by atoms with van der Waals surface area (Å²) in [5.41, 5.74) is 2.09. The first-order chi connectivity index (χ1) is 5.25. The summed E-state index contributed by atoms with van der Waals surface area (Å²) in [7, 11) is 0. The van der Waals surface area contributed by atoms with Crippen molar-refractivity contribution in [3.8, 4) is 0 Å². The molecule has 0 N–H and O–H groups in total. The molecule has 0 aromatic carbocycles. The van der Waals surface area contributed by atoms with Crippen molar-refractivity contribution in [1.82, 2.24) is 9.55 Å². The van der Waals surface area contributed by atoms with Crippen molar-refractivity contribution in [1.29, 1.82) is 0 Å². The average Bonchev–Trinajstić information content (AvgIpc) is 2.36. The van der Waals surface area contributed by atoms with Gasteiger partial charge in [0.25, 0.3) is 0 Å². The number of hydrogen-bond donors (Lipinski definition) is 0. The van der Waals surface area contributed by atoms with Crippen LogP contribution in [0.3, 0.4) is 0 Å². The van der Waals surface area contributed by atoms with Gasteiger partial charge in [0.05, 0.1) is 18.2 Å². The highest BCUT2D eigenvalue weighted by atomic mass is 15.0. The summed E-state index contributed by atoms with van der Waals surface area (Å²) in [6.07, 6.45) is 7.50. The van der Waals surface area contributed by atoms with E-state index in [1.807, 2.05) is 36.9 Å². The van der Waals surface area contributed by atoms with Crippen molar-refractivity contribution in [3.05, 3.63) is 30.9 Å². The fraction of sp³-hybridized carbons (Fsp3) is 0.222. The lowest BCUT2D eigenvalue weighted by molar-refractivity contribution is 1.11. The first-order valence-electron chi connectivity index (χ1n) is 3.56. The maximum absolute atomic E-state index is 4.01. The van der Waals surface area contributed by atoms with Gasteiger partial charge in [0, 0.05) is 6.20 Å². The Balaban J connectivity index is 3.05. The van der Waals surface area contributed by atoms with Gasteiger partial charge < -0.3 is 4.57 Å². The summed E-state index contributed by atoms with van der Waals surface area (Å²) in [5.74, 6) is 0. The number of nitrogens with zero attached hydrogens (tertiary/aromatic N) is 2. The molecule has 1 aromatic heterocycles. The Hall–Kier alpha value is -1.31. The van der Waals surface area contributed by atoms with E-state index in [1.165, 1.54) is 0 Å². The van der Waals surface area contributed by atoms with Crippen LogP contribution in [-0.2, 0) is 0 Å². The zero-order valence-electron chi connectivity index (χ0n) is 6.91. The van der Waals surface area contributed by atoms with E-state index in [1.54, 1.807) is 6.33 Å². The highest BCUT2D eigenvalue weighted by Crippen LogP contribution is 2.10. The third-order valence-electron chi connectivity index (χ3n) is 1.41. The molecule has 1 aromatic rings. The molecular formula is C9H12N2. The van der Waals surface area contributed by atoms with Gasteiger partial charge in [-0.3, -0.25) is 0 Å². The van der Waals surface area contributed by atoms with Gasteiger partial charge in [-0.2, -0.15) is 0 Å². The Morgan fingerprint density at radius 2 is 2.45 bits per heavy atom. The predicted molar refractivity (Wildman–Crippen MR) is 47.9 cm³/mol. The predicted octanol–water partition coefficient (Wildman–Crippen LogP) is 2.41. The van der Waals surface area contributed by atoms with Gasteiger partial charge in [-0.05, 0) is 19.4 Å². The van der Waals surface area contributed by atoms with Gasteiger partial charge in [0.1, 0.15) is 0 Å². The topological polar surface area (TPSA) is 17.8 Å². The van der Waals surface area contributed by atoms with Gasteiger partial charge in [-0.25, -0.2) is 4.98 Å². The Kier molecular flexibility index (Phi) is 2.26. The number of imidazole rings is 1. The number of hydrogen-bond acceptors (Lipinski definition) is 1. The standard InChI is InChI=1S/C9H12N2/c1-4-5-11-7-10-6-9(11)8(2)3/h4-7H,2H2,1,3H3/b5-4-. The van der Waals surface area contributed by atoms with Crippen LogP contribution in [0.4, 0.5) is 0 Å². The summed E-state index contributed by atoms with van der Waals surface area (Å²) in [4.78, 5) is 4.01. The van der Waals surface area contributed by atoms with Crippen molar-refractivity contribution in [2.45, 2.75) is 13.8 Å². The summed E-state index contributed by atoms with van der Waals surface area (Å²) in [6, 6.07) is 0. The van der Waals surface area contributed by atoms with E-state index in [4.69, 9.17) is 0 Å².